The molecule has 80 valence electrons. The number of ether oxygens (including phenoxy) is 1. The Labute approximate surface area is 85.9 Å². The van der Waals surface area contributed by atoms with E-state index in [0.29, 0.717) is 5.82 Å². The molecular weight excluding hydrogens is 200 g/mol. The first kappa shape index (κ1) is 11.1. The number of methoxy groups -OCH3 is 1. The Hall–Kier alpha value is -1.98. The van der Waals surface area contributed by atoms with Gasteiger partial charge in [-0.05, 0) is 6.92 Å². The van der Waals surface area contributed by atoms with E-state index in [1.54, 1.807) is 6.92 Å². The van der Waals surface area contributed by atoms with Crippen LogP contribution in [0.3, 0.4) is 0 Å². The largest absolute Gasteiger partial charge is 0.481 e. The maximum Gasteiger partial charge on any atom is 0.341 e. The number of carboxylic acid groups (broad SMARTS) is 1. The van der Waals surface area contributed by atoms with Crippen LogP contribution in [0.25, 0.3) is 0 Å². The monoisotopic (exact) mass is 210 g/mol. The van der Waals surface area contributed by atoms with Gasteiger partial charge in [0.15, 0.2) is 0 Å². The number of carbonyl (C=O) groups is 2. The zero-order chi connectivity index (χ0) is 11.4. The highest BCUT2D eigenvalue weighted by molar-refractivity contribution is 5.91. The van der Waals surface area contributed by atoms with Crippen LogP contribution in [0.5, 0.6) is 0 Å². The van der Waals surface area contributed by atoms with Crippen molar-refractivity contribution in [2.24, 2.45) is 0 Å². The standard InChI is InChI=1S/C9H10N2O4/c1-5-10-4-6(9(14)15-2)7(11-5)3-8(12)13/h4H,3H2,1-2H3,(H,12,13). The Morgan fingerprint density at radius 3 is 2.73 bits per heavy atom. The molecule has 0 aromatic carbocycles. The minimum atomic E-state index is -1.06. The minimum absolute atomic E-state index is 0.0884. The van der Waals surface area contributed by atoms with Crippen molar-refractivity contribution in [3.05, 3.63) is 23.3 Å². The van der Waals surface area contributed by atoms with Crippen LogP contribution in [-0.2, 0) is 16.0 Å². The lowest BCUT2D eigenvalue weighted by atomic mass is 10.2. The summed E-state index contributed by atoms with van der Waals surface area (Å²) in [7, 11) is 1.22. The minimum Gasteiger partial charge on any atom is -0.481 e. The van der Waals surface area contributed by atoms with Gasteiger partial charge in [-0.25, -0.2) is 14.8 Å². The number of nitrogens with zero attached hydrogens (tertiary/aromatic N) is 2. The summed E-state index contributed by atoms with van der Waals surface area (Å²) in [6.07, 6.45) is 0.945. The van der Waals surface area contributed by atoms with Crippen molar-refractivity contribution in [3.8, 4) is 0 Å². The summed E-state index contributed by atoms with van der Waals surface area (Å²) in [6, 6.07) is 0. The molecule has 0 amide bonds. The predicted octanol–water partition coefficient (Wildman–Crippen LogP) is 0.199. The van der Waals surface area contributed by atoms with Crippen molar-refractivity contribution >= 4 is 11.9 Å². The molecule has 0 aliphatic heterocycles. The highest BCUT2D eigenvalue weighted by Crippen LogP contribution is 2.07. The van der Waals surface area contributed by atoms with Crippen LogP contribution in [0.1, 0.15) is 21.9 Å². The van der Waals surface area contributed by atoms with Crippen molar-refractivity contribution in [2.45, 2.75) is 13.3 Å². The smallest absolute Gasteiger partial charge is 0.341 e. The first-order valence-corrected chi connectivity index (χ1v) is 4.17. The lowest BCUT2D eigenvalue weighted by Gasteiger charge is -2.04. The summed E-state index contributed by atoms with van der Waals surface area (Å²) in [5.41, 5.74) is 0.257. The molecular formula is C9H10N2O4. The summed E-state index contributed by atoms with van der Waals surface area (Å²) in [5.74, 6) is -1.27. The van der Waals surface area contributed by atoms with E-state index in [0.717, 1.165) is 0 Å². The van der Waals surface area contributed by atoms with Gasteiger partial charge in [-0.1, -0.05) is 0 Å². The molecule has 6 nitrogen and oxygen atoms in total. The number of carbonyl (C=O) groups excluding carboxylic acids is 1. The molecule has 1 aromatic heterocycles. The summed E-state index contributed by atoms with van der Waals surface area (Å²) in [6.45, 7) is 1.62. The molecule has 0 atom stereocenters. The molecule has 0 fully saturated rings. The molecule has 1 aromatic rings. The number of aromatic nitrogens is 2. The zero-order valence-corrected chi connectivity index (χ0v) is 8.35. The van der Waals surface area contributed by atoms with Crippen LogP contribution in [0.2, 0.25) is 0 Å². The van der Waals surface area contributed by atoms with Gasteiger partial charge in [0.2, 0.25) is 0 Å². The Morgan fingerprint density at radius 1 is 1.53 bits per heavy atom. The molecule has 6 heteroatoms. The number of aliphatic carboxylic acids is 1. The average molecular weight is 210 g/mol. The molecule has 0 spiro atoms. The predicted molar refractivity (Wildman–Crippen MR) is 49.4 cm³/mol. The van der Waals surface area contributed by atoms with Crippen LogP contribution in [-0.4, -0.2) is 34.1 Å². The number of rotatable bonds is 3. The van der Waals surface area contributed by atoms with E-state index < -0.39 is 11.9 Å². The van der Waals surface area contributed by atoms with Crippen molar-refractivity contribution < 1.29 is 19.4 Å². The molecule has 15 heavy (non-hydrogen) atoms. The van der Waals surface area contributed by atoms with Crippen LogP contribution in [0, 0.1) is 6.92 Å². The molecule has 0 radical (unpaired) electrons. The van der Waals surface area contributed by atoms with Gasteiger partial charge in [0, 0.05) is 6.20 Å². The van der Waals surface area contributed by atoms with Gasteiger partial charge >= 0.3 is 11.9 Å². The maximum atomic E-state index is 11.2. The van der Waals surface area contributed by atoms with Crippen LogP contribution in [0.4, 0.5) is 0 Å². The number of carboxylic acids is 1. The van der Waals surface area contributed by atoms with Gasteiger partial charge in [0.1, 0.15) is 11.4 Å². The van der Waals surface area contributed by atoms with Crippen LogP contribution in [0.15, 0.2) is 6.20 Å². The molecule has 0 bridgehead atoms. The molecule has 0 saturated carbocycles. The van der Waals surface area contributed by atoms with Crippen molar-refractivity contribution in [1.82, 2.24) is 9.97 Å². The van der Waals surface area contributed by atoms with E-state index in [1.165, 1.54) is 13.3 Å². The lowest BCUT2D eigenvalue weighted by molar-refractivity contribution is -0.136. The summed E-state index contributed by atoms with van der Waals surface area (Å²) >= 11 is 0. The second-order valence-electron chi connectivity index (χ2n) is 2.84. The normalized spacial score (nSPS) is 9.73. The molecule has 0 aliphatic rings. The quantitative estimate of drug-likeness (QED) is 0.717. The maximum absolute atomic E-state index is 11.2. The topological polar surface area (TPSA) is 89.4 Å². The van der Waals surface area contributed by atoms with Crippen LogP contribution < -0.4 is 0 Å². The first-order chi connectivity index (χ1) is 7.04. The fourth-order valence-corrected chi connectivity index (χ4v) is 1.08. The van der Waals surface area contributed by atoms with Crippen LogP contribution >= 0.6 is 0 Å². The number of hydrogen-bond donors (Lipinski definition) is 1. The number of aryl methyl sites for hydroxylation is 1. The summed E-state index contributed by atoms with van der Waals surface area (Å²) in [4.78, 5) is 29.5. The van der Waals surface area contributed by atoms with Gasteiger partial charge in [-0.2, -0.15) is 0 Å². The van der Waals surface area contributed by atoms with E-state index in [9.17, 15) is 9.59 Å². The molecule has 1 N–H and O–H groups in total. The molecule has 1 heterocycles. The first-order valence-electron chi connectivity index (χ1n) is 4.17. The molecule has 0 unspecified atom stereocenters. The summed E-state index contributed by atoms with van der Waals surface area (Å²) < 4.78 is 4.49. The van der Waals surface area contributed by atoms with Gasteiger partial charge in [0.25, 0.3) is 0 Å². The Bertz CT molecular complexity index is 403. The van der Waals surface area contributed by atoms with Gasteiger partial charge in [-0.15, -0.1) is 0 Å². The van der Waals surface area contributed by atoms with E-state index in [-0.39, 0.29) is 17.7 Å². The Balaban J connectivity index is 3.13. The van der Waals surface area contributed by atoms with E-state index in [2.05, 4.69) is 14.7 Å². The highest BCUT2D eigenvalue weighted by Gasteiger charge is 2.16. The Morgan fingerprint density at radius 2 is 2.20 bits per heavy atom. The van der Waals surface area contributed by atoms with Crippen molar-refractivity contribution in [2.75, 3.05) is 7.11 Å². The molecule has 0 aliphatic carbocycles. The van der Waals surface area contributed by atoms with E-state index in [4.69, 9.17) is 5.11 Å². The molecule has 1 rings (SSSR count). The fraction of sp³-hybridized carbons (Fsp3) is 0.333. The highest BCUT2D eigenvalue weighted by atomic mass is 16.5. The second kappa shape index (κ2) is 4.50. The third-order valence-corrected chi connectivity index (χ3v) is 1.71. The summed E-state index contributed by atoms with van der Waals surface area (Å²) in [5, 5.41) is 8.62. The zero-order valence-electron chi connectivity index (χ0n) is 8.35. The van der Waals surface area contributed by atoms with E-state index >= 15 is 0 Å². The SMILES string of the molecule is COC(=O)c1cnc(C)nc1CC(=O)O. The van der Waals surface area contributed by atoms with Gasteiger partial charge < -0.3 is 9.84 Å². The number of hydrogen-bond acceptors (Lipinski definition) is 5. The van der Waals surface area contributed by atoms with E-state index in [1.807, 2.05) is 0 Å². The molecule has 0 saturated heterocycles. The van der Waals surface area contributed by atoms with Gasteiger partial charge in [0.05, 0.1) is 19.2 Å². The third kappa shape index (κ3) is 2.73. The lowest BCUT2D eigenvalue weighted by Crippen LogP contribution is -2.13. The number of esters is 1. The Kier molecular flexibility index (Phi) is 3.33. The van der Waals surface area contributed by atoms with Gasteiger partial charge in [-0.3, -0.25) is 4.79 Å². The third-order valence-electron chi connectivity index (χ3n) is 1.71. The second-order valence-corrected chi connectivity index (χ2v) is 2.84. The van der Waals surface area contributed by atoms with Crippen molar-refractivity contribution in [1.29, 1.82) is 0 Å². The van der Waals surface area contributed by atoms with Crippen molar-refractivity contribution in [3.63, 3.8) is 0 Å². The average Bonchev–Trinajstić information content (AvgIpc) is 2.16. The fourth-order valence-electron chi connectivity index (χ4n) is 1.08.